The van der Waals surface area contributed by atoms with Crippen LogP contribution in [0.1, 0.15) is 15.9 Å². The third-order valence-corrected chi connectivity index (χ3v) is 3.40. The first-order chi connectivity index (χ1) is 9.47. The van der Waals surface area contributed by atoms with Crippen molar-refractivity contribution in [3.8, 4) is 0 Å². The molecule has 0 aromatic heterocycles. The molecule has 0 radical (unpaired) electrons. The van der Waals surface area contributed by atoms with E-state index >= 15 is 0 Å². The van der Waals surface area contributed by atoms with E-state index in [0.717, 1.165) is 10.0 Å². The van der Waals surface area contributed by atoms with E-state index in [-0.39, 0.29) is 11.6 Å². The molecule has 0 bridgehead atoms. The summed E-state index contributed by atoms with van der Waals surface area (Å²) in [6, 6.07) is 11.1. The van der Waals surface area contributed by atoms with Crippen molar-refractivity contribution in [3.63, 3.8) is 0 Å². The van der Waals surface area contributed by atoms with Gasteiger partial charge in [-0.3, -0.25) is 14.9 Å². The molecule has 20 heavy (non-hydrogen) atoms. The number of nitrogens with zero attached hydrogens (tertiary/aromatic N) is 1. The van der Waals surface area contributed by atoms with E-state index in [1.54, 1.807) is 0 Å². The Morgan fingerprint density at radius 3 is 2.45 bits per heavy atom. The number of amides is 1. The lowest BCUT2D eigenvalue weighted by atomic mass is 10.1. The molecular formula is C14H11BrN2O3. The zero-order chi connectivity index (χ0) is 14.7. The van der Waals surface area contributed by atoms with Gasteiger partial charge in [0.25, 0.3) is 11.6 Å². The van der Waals surface area contributed by atoms with E-state index in [4.69, 9.17) is 0 Å². The van der Waals surface area contributed by atoms with Gasteiger partial charge in [0.15, 0.2) is 0 Å². The SMILES string of the molecule is Cc1ccc(Br)c(NC(=O)c2ccc([N+](=O)[O-])cc2)c1. The molecule has 0 saturated carbocycles. The fourth-order valence-corrected chi connectivity index (χ4v) is 2.01. The number of hydrogen-bond donors (Lipinski definition) is 1. The molecule has 0 aliphatic rings. The van der Waals surface area contributed by atoms with Crippen LogP contribution in [0.3, 0.4) is 0 Å². The summed E-state index contributed by atoms with van der Waals surface area (Å²) in [6.45, 7) is 1.92. The summed E-state index contributed by atoms with van der Waals surface area (Å²) in [7, 11) is 0. The quantitative estimate of drug-likeness (QED) is 0.683. The first kappa shape index (κ1) is 14.2. The molecule has 1 amide bonds. The molecule has 0 unspecified atom stereocenters. The van der Waals surface area contributed by atoms with E-state index in [1.807, 2.05) is 25.1 Å². The molecule has 0 heterocycles. The van der Waals surface area contributed by atoms with E-state index in [2.05, 4.69) is 21.2 Å². The number of benzene rings is 2. The number of anilines is 1. The van der Waals surface area contributed by atoms with Crippen LogP contribution in [0.2, 0.25) is 0 Å². The molecule has 0 saturated heterocycles. The maximum atomic E-state index is 12.1. The average Bonchev–Trinajstić information content (AvgIpc) is 2.43. The number of nitrogens with one attached hydrogen (secondary N) is 1. The molecule has 6 heteroatoms. The van der Waals surface area contributed by atoms with Gasteiger partial charge in [-0.2, -0.15) is 0 Å². The van der Waals surface area contributed by atoms with Crippen LogP contribution < -0.4 is 5.32 Å². The Hall–Kier alpha value is -2.21. The van der Waals surface area contributed by atoms with Crippen molar-refractivity contribution in [1.82, 2.24) is 0 Å². The van der Waals surface area contributed by atoms with Crippen molar-refractivity contribution in [1.29, 1.82) is 0 Å². The Bertz CT molecular complexity index is 669. The van der Waals surface area contributed by atoms with Crippen LogP contribution in [0, 0.1) is 17.0 Å². The minimum Gasteiger partial charge on any atom is -0.321 e. The van der Waals surface area contributed by atoms with Crippen molar-refractivity contribution in [2.45, 2.75) is 6.92 Å². The Kier molecular flexibility index (Phi) is 4.14. The molecule has 5 nitrogen and oxygen atoms in total. The van der Waals surface area contributed by atoms with Gasteiger partial charge in [-0.25, -0.2) is 0 Å². The first-order valence-electron chi connectivity index (χ1n) is 5.79. The van der Waals surface area contributed by atoms with Crippen LogP contribution in [0.5, 0.6) is 0 Å². The Morgan fingerprint density at radius 1 is 1.20 bits per heavy atom. The molecule has 0 atom stereocenters. The van der Waals surface area contributed by atoms with Gasteiger partial charge in [0.1, 0.15) is 0 Å². The van der Waals surface area contributed by atoms with Gasteiger partial charge in [0.2, 0.25) is 0 Å². The molecule has 2 rings (SSSR count). The van der Waals surface area contributed by atoms with Crippen LogP contribution in [-0.4, -0.2) is 10.8 Å². The van der Waals surface area contributed by atoms with Crippen LogP contribution in [0.25, 0.3) is 0 Å². The summed E-state index contributed by atoms with van der Waals surface area (Å²) in [4.78, 5) is 22.1. The fourth-order valence-electron chi connectivity index (χ4n) is 1.66. The van der Waals surface area contributed by atoms with Crippen molar-refractivity contribution < 1.29 is 9.72 Å². The summed E-state index contributed by atoms with van der Waals surface area (Å²) in [5.74, 6) is -0.314. The highest BCUT2D eigenvalue weighted by molar-refractivity contribution is 9.10. The van der Waals surface area contributed by atoms with Gasteiger partial charge in [-0.15, -0.1) is 0 Å². The minimum absolute atomic E-state index is 0.0433. The number of aryl methyl sites for hydroxylation is 1. The molecular weight excluding hydrogens is 324 g/mol. The number of carbonyl (C=O) groups excluding carboxylic acids is 1. The zero-order valence-corrected chi connectivity index (χ0v) is 12.2. The smallest absolute Gasteiger partial charge is 0.269 e. The van der Waals surface area contributed by atoms with Gasteiger partial charge in [-0.1, -0.05) is 6.07 Å². The summed E-state index contributed by atoms with van der Waals surface area (Å²) in [6.07, 6.45) is 0. The standard InChI is InChI=1S/C14H11BrN2O3/c1-9-2-7-12(15)13(8-9)16-14(18)10-3-5-11(6-4-10)17(19)20/h2-8H,1H3,(H,16,18). The molecule has 2 aromatic rings. The molecule has 0 aliphatic carbocycles. The summed E-state index contributed by atoms with van der Waals surface area (Å²) >= 11 is 3.36. The Morgan fingerprint density at radius 2 is 1.85 bits per heavy atom. The maximum absolute atomic E-state index is 12.1. The molecule has 0 fully saturated rings. The highest BCUT2D eigenvalue weighted by Gasteiger charge is 2.11. The van der Waals surface area contributed by atoms with E-state index in [9.17, 15) is 14.9 Å². The van der Waals surface area contributed by atoms with Gasteiger partial charge in [0, 0.05) is 22.2 Å². The summed E-state index contributed by atoms with van der Waals surface area (Å²) < 4.78 is 0.776. The minimum atomic E-state index is -0.501. The molecule has 0 spiro atoms. The zero-order valence-electron chi connectivity index (χ0n) is 10.6. The first-order valence-corrected chi connectivity index (χ1v) is 6.58. The lowest BCUT2D eigenvalue weighted by Crippen LogP contribution is -2.12. The van der Waals surface area contributed by atoms with Crippen molar-refractivity contribution in [2.24, 2.45) is 0 Å². The van der Waals surface area contributed by atoms with Crippen LogP contribution in [0.4, 0.5) is 11.4 Å². The lowest BCUT2D eigenvalue weighted by Gasteiger charge is -2.08. The van der Waals surface area contributed by atoms with Gasteiger partial charge in [0.05, 0.1) is 10.6 Å². The predicted octanol–water partition coefficient (Wildman–Crippen LogP) is 3.92. The molecule has 2 aromatic carbocycles. The second-order valence-corrected chi connectivity index (χ2v) is 5.10. The second kappa shape index (κ2) is 5.83. The van der Waals surface area contributed by atoms with Crippen LogP contribution in [-0.2, 0) is 0 Å². The largest absolute Gasteiger partial charge is 0.321 e. The van der Waals surface area contributed by atoms with Crippen molar-refractivity contribution in [3.05, 3.63) is 68.2 Å². The number of nitro groups is 1. The summed E-state index contributed by atoms with van der Waals surface area (Å²) in [5, 5.41) is 13.3. The van der Waals surface area contributed by atoms with Gasteiger partial charge in [-0.05, 0) is 52.7 Å². The van der Waals surface area contributed by atoms with Gasteiger partial charge >= 0.3 is 0 Å². The molecule has 102 valence electrons. The Labute approximate surface area is 123 Å². The number of nitro benzene ring substituents is 1. The number of hydrogen-bond acceptors (Lipinski definition) is 3. The van der Waals surface area contributed by atoms with Crippen molar-refractivity contribution >= 4 is 33.2 Å². The lowest BCUT2D eigenvalue weighted by molar-refractivity contribution is -0.384. The summed E-state index contributed by atoms with van der Waals surface area (Å²) in [5.41, 5.74) is 2.00. The van der Waals surface area contributed by atoms with Gasteiger partial charge < -0.3 is 5.32 Å². The van der Waals surface area contributed by atoms with E-state index in [1.165, 1.54) is 24.3 Å². The number of halogens is 1. The number of carbonyl (C=O) groups is 1. The van der Waals surface area contributed by atoms with E-state index in [0.29, 0.717) is 11.3 Å². The predicted molar refractivity (Wildman–Crippen MR) is 79.9 cm³/mol. The highest BCUT2D eigenvalue weighted by Crippen LogP contribution is 2.24. The Balaban J connectivity index is 2.19. The van der Waals surface area contributed by atoms with Crippen LogP contribution in [0.15, 0.2) is 46.9 Å². The molecule has 1 N–H and O–H groups in total. The fraction of sp³-hybridized carbons (Fsp3) is 0.0714. The average molecular weight is 335 g/mol. The highest BCUT2D eigenvalue weighted by atomic mass is 79.9. The third kappa shape index (κ3) is 3.21. The third-order valence-electron chi connectivity index (χ3n) is 2.71. The molecule has 0 aliphatic heterocycles. The topological polar surface area (TPSA) is 72.2 Å². The maximum Gasteiger partial charge on any atom is 0.269 e. The second-order valence-electron chi connectivity index (χ2n) is 4.24. The normalized spacial score (nSPS) is 10.1. The number of non-ortho nitro benzene ring substituents is 1. The van der Waals surface area contributed by atoms with Crippen LogP contribution >= 0.6 is 15.9 Å². The van der Waals surface area contributed by atoms with Crippen molar-refractivity contribution in [2.75, 3.05) is 5.32 Å². The van der Waals surface area contributed by atoms with E-state index < -0.39 is 4.92 Å². The monoisotopic (exact) mass is 334 g/mol. The number of rotatable bonds is 3.